The van der Waals surface area contributed by atoms with Crippen LogP contribution in [0.25, 0.3) is 10.9 Å². The number of rotatable bonds is 2. The van der Waals surface area contributed by atoms with Crippen LogP contribution in [0.15, 0.2) is 24.4 Å². The molecule has 3 rings (SSSR count). The lowest BCUT2D eigenvalue weighted by atomic mass is 10.1. The highest BCUT2D eigenvalue weighted by Gasteiger charge is 2.25. The third-order valence-electron chi connectivity index (χ3n) is 3.21. The summed E-state index contributed by atoms with van der Waals surface area (Å²) in [7, 11) is 1.93. The van der Waals surface area contributed by atoms with Crippen LogP contribution in [0.5, 0.6) is 0 Å². The SMILES string of the molecule is C#C.CCNC.N#Cc1ccc2c(C3CC3)c[nH]c2c1. The number of hydrogen-bond donors (Lipinski definition) is 2. The van der Waals surface area contributed by atoms with Gasteiger partial charge in [-0.25, -0.2) is 0 Å². The molecule has 1 saturated carbocycles. The molecule has 3 heteroatoms. The first-order chi connectivity index (χ1) is 9.80. The molecule has 3 nitrogen and oxygen atoms in total. The number of nitrogens with one attached hydrogen (secondary N) is 2. The quantitative estimate of drug-likeness (QED) is 0.819. The molecule has 2 N–H and O–H groups in total. The molecule has 0 bridgehead atoms. The molecular formula is C17H21N3. The van der Waals surface area contributed by atoms with Crippen LogP contribution in [-0.2, 0) is 0 Å². The Hall–Kier alpha value is -2.23. The van der Waals surface area contributed by atoms with Crippen molar-refractivity contribution in [3.05, 3.63) is 35.5 Å². The minimum Gasteiger partial charge on any atom is -0.361 e. The number of aromatic nitrogens is 1. The average molecular weight is 267 g/mol. The van der Waals surface area contributed by atoms with Gasteiger partial charge in [-0.2, -0.15) is 5.26 Å². The zero-order chi connectivity index (χ0) is 15.0. The van der Waals surface area contributed by atoms with Gasteiger partial charge in [-0.3, -0.25) is 0 Å². The standard InChI is InChI=1S/C12H10N2.C3H9N.C2H2/c13-6-8-1-4-10-11(9-2-3-9)7-14-12(10)5-8;1-3-4-2;1-2/h1,4-5,7,9,14H,2-3H2;4H,3H2,1-2H3;1-2H. The minimum absolute atomic E-state index is 0.724. The molecule has 20 heavy (non-hydrogen) atoms. The second kappa shape index (κ2) is 8.04. The average Bonchev–Trinajstić information content (AvgIpc) is 3.28. The maximum atomic E-state index is 8.76. The van der Waals surface area contributed by atoms with Crippen molar-refractivity contribution in [3.63, 3.8) is 0 Å². The molecule has 1 aromatic carbocycles. The fraction of sp³-hybridized carbons (Fsp3) is 0.353. The molecule has 1 heterocycles. The van der Waals surface area contributed by atoms with Gasteiger partial charge >= 0.3 is 0 Å². The Morgan fingerprint density at radius 1 is 1.40 bits per heavy atom. The number of H-pyrrole nitrogens is 1. The summed E-state index contributed by atoms with van der Waals surface area (Å²) in [4.78, 5) is 3.23. The molecule has 1 aliphatic carbocycles. The van der Waals surface area contributed by atoms with Crippen molar-refractivity contribution in [2.24, 2.45) is 0 Å². The van der Waals surface area contributed by atoms with Crippen LogP contribution in [0.4, 0.5) is 0 Å². The molecule has 1 aromatic heterocycles. The van der Waals surface area contributed by atoms with E-state index in [0.29, 0.717) is 0 Å². The zero-order valence-corrected chi connectivity index (χ0v) is 12.1. The van der Waals surface area contributed by atoms with Crippen molar-refractivity contribution < 1.29 is 0 Å². The molecule has 0 amide bonds. The Kier molecular flexibility index (Phi) is 6.37. The number of benzene rings is 1. The predicted octanol–water partition coefficient (Wildman–Crippen LogP) is 3.39. The molecule has 1 aliphatic rings. The van der Waals surface area contributed by atoms with Crippen LogP contribution in [-0.4, -0.2) is 18.6 Å². The normalized spacial score (nSPS) is 12.6. The van der Waals surface area contributed by atoms with E-state index in [2.05, 4.69) is 48.4 Å². The second-order valence-corrected chi connectivity index (χ2v) is 4.60. The van der Waals surface area contributed by atoms with Crippen molar-refractivity contribution in [2.75, 3.05) is 13.6 Å². The Morgan fingerprint density at radius 3 is 2.55 bits per heavy atom. The molecule has 0 aliphatic heterocycles. The Morgan fingerprint density at radius 2 is 2.05 bits per heavy atom. The minimum atomic E-state index is 0.724. The van der Waals surface area contributed by atoms with E-state index < -0.39 is 0 Å². The summed E-state index contributed by atoms with van der Waals surface area (Å²) in [6.45, 7) is 3.14. The van der Waals surface area contributed by atoms with Gasteiger partial charge in [-0.05, 0) is 50.0 Å². The number of hydrogen-bond acceptors (Lipinski definition) is 2. The first-order valence-corrected chi connectivity index (χ1v) is 6.79. The fourth-order valence-corrected chi connectivity index (χ4v) is 1.95. The maximum absolute atomic E-state index is 8.76. The summed E-state index contributed by atoms with van der Waals surface area (Å²) in [5.74, 6) is 0.761. The Bertz CT molecular complexity index is 595. The Balaban J connectivity index is 0.000000291. The van der Waals surface area contributed by atoms with Gasteiger partial charge in [-0.1, -0.05) is 13.0 Å². The predicted molar refractivity (Wildman–Crippen MR) is 84.5 cm³/mol. The van der Waals surface area contributed by atoms with Crippen LogP contribution >= 0.6 is 0 Å². The fourth-order valence-electron chi connectivity index (χ4n) is 1.95. The van der Waals surface area contributed by atoms with Gasteiger partial charge in [0.15, 0.2) is 0 Å². The lowest BCUT2D eigenvalue weighted by molar-refractivity contribution is 0.864. The van der Waals surface area contributed by atoms with Crippen molar-refractivity contribution in [3.8, 4) is 18.9 Å². The summed E-state index contributed by atoms with van der Waals surface area (Å²) < 4.78 is 0. The number of fused-ring (bicyclic) bond motifs is 1. The van der Waals surface area contributed by atoms with Crippen molar-refractivity contribution in [2.45, 2.75) is 25.7 Å². The van der Waals surface area contributed by atoms with E-state index in [1.807, 2.05) is 19.2 Å². The van der Waals surface area contributed by atoms with Crippen molar-refractivity contribution in [1.82, 2.24) is 10.3 Å². The molecule has 0 unspecified atom stereocenters. The van der Waals surface area contributed by atoms with Gasteiger partial charge in [0.1, 0.15) is 0 Å². The molecule has 0 saturated heterocycles. The van der Waals surface area contributed by atoms with Gasteiger partial charge in [0.25, 0.3) is 0 Å². The first kappa shape index (κ1) is 15.8. The van der Waals surface area contributed by atoms with E-state index >= 15 is 0 Å². The zero-order valence-electron chi connectivity index (χ0n) is 12.1. The third kappa shape index (κ3) is 3.88. The van der Waals surface area contributed by atoms with Crippen molar-refractivity contribution >= 4 is 10.9 Å². The lowest BCUT2D eigenvalue weighted by Gasteiger charge is -1.94. The second-order valence-electron chi connectivity index (χ2n) is 4.60. The number of nitrogens with zero attached hydrogens (tertiary/aromatic N) is 1. The summed E-state index contributed by atoms with van der Waals surface area (Å²) >= 11 is 0. The lowest BCUT2D eigenvalue weighted by Crippen LogP contribution is -2.01. The highest BCUT2D eigenvalue weighted by molar-refractivity contribution is 5.85. The smallest absolute Gasteiger partial charge is 0.0992 e. The maximum Gasteiger partial charge on any atom is 0.0992 e. The van der Waals surface area contributed by atoms with Gasteiger partial charge < -0.3 is 10.3 Å². The highest BCUT2D eigenvalue weighted by Crippen LogP contribution is 2.43. The number of aromatic amines is 1. The van der Waals surface area contributed by atoms with E-state index in [-0.39, 0.29) is 0 Å². The van der Waals surface area contributed by atoms with Gasteiger partial charge in [-0.15, -0.1) is 12.8 Å². The van der Waals surface area contributed by atoms with E-state index in [1.54, 1.807) is 0 Å². The van der Waals surface area contributed by atoms with E-state index in [0.717, 1.165) is 23.5 Å². The monoisotopic (exact) mass is 267 g/mol. The highest BCUT2D eigenvalue weighted by atomic mass is 14.8. The summed E-state index contributed by atoms with van der Waals surface area (Å²) in [6.07, 6.45) is 12.7. The van der Waals surface area contributed by atoms with E-state index in [1.165, 1.54) is 23.8 Å². The largest absolute Gasteiger partial charge is 0.361 e. The molecule has 1 fully saturated rings. The van der Waals surface area contributed by atoms with E-state index in [4.69, 9.17) is 5.26 Å². The summed E-state index contributed by atoms with van der Waals surface area (Å²) in [6, 6.07) is 8.02. The topological polar surface area (TPSA) is 51.6 Å². The van der Waals surface area contributed by atoms with Crippen LogP contribution < -0.4 is 5.32 Å². The molecule has 2 aromatic rings. The molecule has 104 valence electrons. The molecule has 0 spiro atoms. The van der Waals surface area contributed by atoms with Gasteiger partial charge in [0.2, 0.25) is 0 Å². The first-order valence-electron chi connectivity index (χ1n) is 6.79. The number of terminal acetylenes is 1. The third-order valence-corrected chi connectivity index (χ3v) is 3.21. The van der Waals surface area contributed by atoms with Crippen LogP contribution in [0.1, 0.15) is 36.8 Å². The number of nitriles is 1. The summed E-state index contributed by atoms with van der Waals surface area (Å²) in [5.41, 5.74) is 3.23. The van der Waals surface area contributed by atoms with Crippen LogP contribution in [0, 0.1) is 24.2 Å². The van der Waals surface area contributed by atoms with Crippen molar-refractivity contribution in [1.29, 1.82) is 5.26 Å². The molecule has 0 radical (unpaired) electrons. The van der Waals surface area contributed by atoms with Gasteiger partial charge in [0.05, 0.1) is 11.6 Å². The Labute approximate surface area is 121 Å². The van der Waals surface area contributed by atoms with E-state index in [9.17, 15) is 0 Å². The summed E-state index contributed by atoms with van der Waals surface area (Å²) in [5, 5.41) is 13.0. The molecular weight excluding hydrogens is 246 g/mol. The van der Waals surface area contributed by atoms with Gasteiger partial charge in [0, 0.05) is 17.1 Å². The van der Waals surface area contributed by atoms with Crippen LogP contribution in [0.2, 0.25) is 0 Å². The van der Waals surface area contributed by atoms with Crippen LogP contribution in [0.3, 0.4) is 0 Å². The molecule has 0 atom stereocenters.